The monoisotopic (exact) mass is 344 g/mol. The Hall–Kier alpha value is -2.90. The molecule has 0 bridgehead atoms. The highest BCUT2D eigenvalue weighted by Crippen LogP contribution is 2.22. The van der Waals surface area contributed by atoms with Crippen molar-refractivity contribution in [3.8, 4) is 0 Å². The van der Waals surface area contributed by atoms with Crippen LogP contribution in [-0.2, 0) is 0 Å². The molecule has 25 heavy (non-hydrogen) atoms. The Kier molecular flexibility index (Phi) is 5.61. The molecule has 0 saturated heterocycles. The molecule has 0 heterocycles. The molecule has 0 saturated carbocycles. The minimum atomic E-state index is -0.456. The van der Waals surface area contributed by atoms with Gasteiger partial charge in [0.15, 0.2) is 0 Å². The second-order valence-electron chi connectivity index (χ2n) is 5.57. The van der Waals surface area contributed by atoms with Crippen LogP contribution in [0.15, 0.2) is 78.9 Å². The maximum atomic E-state index is 11.8. The number of hydrogen-bond donors (Lipinski definition) is 0. The van der Waals surface area contributed by atoms with Crippen LogP contribution < -0.4 is 0 Å². The van der Waals surface area contributed by atoms with Crippen LogP contribution in [0, 0.1) is 0 Å². The SMILES string of the molecule is O=C(Cl)c1cccc(C=Cc2ccccc2)c1C=Cc1ccccc1. The maximum absolute atomic E-state index is 11.8. The van der Waals surface area contributed by atoms with Crippen molar-refractivity contribution in [3.05, 3.63) is 107 Å². The van der Waals surface area contributed by atoms with Crippen molar-refractivity contribution < 1.29 is 4.79 Å². The van der Waals surface area contributed by atoms with E-state index in [0.29, 0.717) is 5.56 Å². The second-order valence-corrected chi connectivity index (χ2v) is 5.91. The molecule has 3 rings (SSSR count). The highest BCUT2D eigenvalue weighted by molar-refractivity contribution is 6.68. The standard InChI is InChI=1S/C23H17ClO/c24-23(25)22-13-7-12-20(16-14-18-8-3-1-4-9-18)21(22)17-15-19-10-5-2-6-11-19/h1-17H. The van der Waals surface area contributed by atoms with Crippen LogP contribution in [0.2, 0.25) is 0 Å². The first-order chi connectivity index (χ1) is 12.2. The van der Waals surface area contributed by atoms with Gasteiger partial charge in [0, 0.05) is 5.56 Å². The summed E-state index contributed by atoms with van der Waals surface area (Å²) in [5.74, 6) is 0. The van der Waals surface area contributed by atoms with Gasteiger partial charge in [-0.1, -0.05) is 97.1 Å². The van der Waals surface area contributed by atoms with Gasteiger partial charge in [0.25, 0.3) is 5.24 Å². The maximum Gasteiger partial charge on any atom is 0.253 e. The molecule has 0 spiro atoms. The van der Waals surface area contributed by atoms with Crippen molar-refractivity contribution in [2.24, 2.45) is 0 Å². The topological polar surface area (TPSA) is 17.1 Å². The molecule has 3 aromatic carbocycles. The largest absolute Gasteiger partial charge is 0.276 e. The molecular weight excluding hydrogens is 328 g/mol. The summed E-state index contributed by atoms with van der Waals surface area (Å²) in [4.78, 5) is 11.8. The van der Waals surface area contributed by atoms with Crippen molar-refractivity contribution in [2.75, 3.05) is 0 Å². The van der Waals surface area contributed by atoms with E-state index in [9.17, 15) is 4.79 Å². The van der Waals surface area contributed by atoms with Crippen LogP contribution in [0.5, 0.6) is 0 Å². The molecule has 0 fully saturated rings. The third-order valence-electron chi connectivity index (χ3n) is 3.85. The second kappa shape index (κ2) is 8.27. The average Bonchev–Trinajstić information content (AvgIpc) is 2.66. The Labute approximate surface area is 152 Å². The van der Waals surface area contributed by atoms with Gasteiger partial charge in [-0.3, -0.25) is 4.79 Å². The molecule has 0 aliphatic rings. The summed E-state index contributed by atoms with van der Waals surface area (Å²) in [7, 11) is 0. The molecule has 122 valence electrons. The van der Waals surface area contributed by atoms with E-state index in [1.807, 2.05) is 97.1 Å². The van der Waals surface area contributed by atoms with Crippen molar-refractivity contribution >= 4 is 41.1 Å². The Morgan fingerprint density at radius 3 is 1.76 bits per heavy atom. The van der Waals surface area contributed by atoms with Crippen LogP contribution in [0.25, 0.3) is 24.3 Å². The third-order valence-corrected chi connectivity index (χ3v) is 4.05. The highest BCUT2D eigenvalue weighted by Gasteiger charge is 2.09. The van der Waals surface area contributed by atoms with Gasteiger partial charge in [-0.15, -0.1) is 0 Å². The van der Waals surface area contributed by atoms with Crippen LogP contribution >= 0.6 is 11.6 Å². The first-order valence-electron chi connectivity index (χ1n) is 8.03. The molecule has 1 nitrogen and oxygen atoms in total. The van der Waals surface area contributed by atoms with Gasteiger partial charge < -0.3 is 0 Å². The first-order valence-corrected chi connectivity index (χ1v) is 8.41. The summed E-state index contributed by atoms with van der Waals surface area (Å²) in [6.45, 7) is 0. The fourth-order valence-electron chi connectivity index (χ4n) is 2.58. The van der Waals surface area contributed by atoms with Crippen molar-refractivity contribution in [3.63, 3.8) is 0 Å². The molecule has 0 amide bonds. The van der Waals surface area contributed by atoms with E-state index in [2.05, 4.69) is 0 Å². The van der Waals surface area contributed by atoms with Gasteiger partial charge in [-0.2, -0.15) is 0 Å². The summed E-state index contributed by atoms with van der Waals surface area (Å²) >= 11 is 5.78. The van der Waals surface area contributed by atoms with Gasteiger partial charge in [0.1, 0.15) is 0 Å². The minimum Gasteiger partial charge on any atom is -0.276 e. The van der Waals surface area contributed by atoms with Gasteiger partial charge >= 0.3 is 0 Å². The van der Waals surface area contributed by atoms with Gasteiger partial charge in [0.2, 0.25) is 0 Å². The molecule has 0 aromatic heterocycles. The van der Waals surface area contributed by atoms with Gasteiger partial charge in [0.05, 0.1) is 0 Å². The third kappa shape index (κ3) is 4.56. The summed E-state index contributed by atoms with van der Waals surface area (Å²) in [6.07, 6.45) is 7.95. The fraction of sp³-hybridized carbons (Fsp3) is 0. The van der Waals surface area contributed by atoms with E-state index >= 15 is 0 Å². The van der Waals surface area contributed by atoms with E-state index in [1.165, 1.54) is 0 Å². The lowest BCUT2D eigenvalue weighted by molar-refractivity contribution is 0.108. The molecule has 0 atom stereocenters. The zero-order chi connectivity index (χ0) is 17.5. The zero-order valence-corrected chi connectivity index (χ0v) is 14.4. The minimum absolute atomic E-state index is 0.456. The predicted octanol–water partition coefficient (Wildman–Crippen LogP) is 6.41. The van der Waals surface area contributed by atoms with Crippen molar-refractivity contribution in [1.29, 1.82) is 0 Å². The number of hydrogen-bond acceptors (Lipinski definition) is 1. The molecule has 2 heteroatoms. The summed E-state index contributed by atoms with van der Waals surface area (Å²) in [5, 5.41) is -0.456. The molecule has 0 N–H and O–H groups in total. The highest BCUT2D eigenvalue weighted by atomic mass is 35.5. The normalized spacial score (nSPS) is 11.2. The van der Waals surface area contributed by atoms with Crippen molar-refractivity contribution in [2.45, 2.75) is 0 Å². The van der Waals surface area contributed by atoms with E-state index in [4.69, 9.17) is 11.6 Å². The molecule has 3 aromatic rings. The molecule has 0 unspecified atom stereocenters. The van der Waals surface area contributed by atoms with Crippen LogP contribution in [-0.4, -0.2) is 5.24 Å². The summed E-state index contributed by atoms with van der Waals surface area (Å²) < 4.78 is 0. The number of benzene rings is 3. The average molecular weight is 345 g/mol. The Morgan fingerprint density at radius 2 is 1.20 bits per heavy atom. The summed E-state index contributed by atoms with van der Waals surface area (Å²) in [5.41, 5.74) is 4.44. The Morgan fingerprint density at radius 1 is 0.640 bits per heavy atom. The van der Waals surface area contributed by atoms with Crippen LogP contribution in [0.4, 0.5) is 0 Å². The zero-order valence-electron chi connectivity index (χ0n) is 13.6. The van der Waals surface area contributed by atoms with E-state index in [-0.39, 0.29) is 0 Å². The number of carbonyl (C=O) groups excluding carboxylic acids is 1. The first kappa shape index (κ1) is 16.9. The van der Waals surface area contributed by atoms with Crippen LogP contribution in [0.1, 0.15) is 32.6 Å². The van der Waals surface area contributed by atoms with Gasteiger partial charge in [-0.05, 0) is 39.9 Å². The molecule has 0 aliphatic carbocycles. The lowest BCUT2D eigenvalue weighted by Crippen LogP contribution is -1.95. The molecular formula is C23H17ClO. The van der Waals surface area contributed by atoms with Gasteiger partial charge in [-0.25, -0.2) is 0 Å². The quantitative estimate of drug-likeness (QED) is 0.386. The van der Waals surface area contributed by atoms with E-state index < -0.39 is 5.24 Å². The number of halogens is 1. The Bertz CT molecular complexity index is 909. The predicted molar refractivity (Wildman–Crippen MR) is 107 cm³/mol. The van der Waals surface area contributed by atoms with E-state index in [0.717, 1.165) is 22.3 Å². The molecule has 0 aliphatic heterocycles. The van der Waals surface area contributed by atoms with E-state index in [1.54, 1.807) is 6.07 Å². The summed E-state index contributed by atoms with van der Waals surface area (Å²) in [6, 6.07) is 25.6. The van der Waals surface area contributed by atoms with Crippen molar-refractivity contribution in [1.82, 2.24) is 0 Å². The Balaban J connectivity index is 2.00. The smallest absolute Gasteiger partial charge is 0.253 e. The molecule has 0 radical (unpaired) electrons. The fourth-order valence-corrected chi connectivity index (χ4v) is 2.74. The van der Waals surface area contributed by atoms with Crippen LogP contribution in [0.3, 0.4) is 0 Å². The number of carbonyl (C=O) groups is 1. The number of rotatable bonds is 5. The lowest BCUT2D eigenvalue weighted by atomic mass is 9.99. The lowest BCUT2D eigenvalue weighted by Gasteiger charge is -2.06.